The maximum atomic E-state index is 5.67. The number of fused-ring (bicyclic) bond motifs is 1. The molecule has 0 fully saturated rings. The lowest BCUT2D eigenvalue weighted by atomic mass is 10.1. The fourth-order valence-electron chi connectivity index (χ4n) is 2.16. The van der Waals surface area contributed by atoms with Crippen LogP contribution in [-0.2, 0) is 6.42 Å². The molecule has 0 radical (unpaired) electrons. The first-order chi connectivity index (χ1) is 10.2. The van der Waals surface area contributed by atoms with Crippen molar-refractivity contribution in [2.24, 2.45) is 0 Å². The summed E-state index contributed by atoms with van der Waals surface area (Å²) >= 11 is 0. The van der Waals surface area contributed by atoms with Crippen LogP contribution < -0.4 is 26.3 Å². The van der Waals surface area contributed by atoms with E-state index in [-0.39, 0.29) is 0 Å². The molecule has 2 heterocycles. The molecule has 1 aliphatic rings. The molecule has 0 aliphatic carbocycles. The molecular formula is C15H18N4O2. The third-order valence-electron chi connectivity index (χ3n) is 3.28. The number of nitrogens with two attached hydrogens (primary N) is 2. The second-order valence-electron chi connectivity index (χ2n) is 4.83. The first-order valence-corrected chi connectivity index (χ1v) is 6.87. The van der Waals surface area contributed by atoms with E-state index in [4.69, 9.17) is 20.9 Å². The minimum absolute atomic E-state index is 0.347. The first kappa shape index (κ1) is 13.4. The van der Waals surface area contributed by atoms with Crippen LogP contribution in [0.2, 0.25) is 0 Å². The van der Waals surface area contributed by atoms with Crippen molar-refractivity contribution < 1.29 is 9.47 Å². The Labute approximate surface area is 123 Å². The van der Waals surface area contributed by atoms with Crippen molar-refractivity contribution in [3.8, 4) is 11.5 Å². The maximum absolute atomic E-state index is 5.67. The van der Waals surface area contributed by atoms with E-state index in [1.807, 2.05) is 24.3 Å². The molecular weight excluding hydrogens is 268 g/mol. The van der Waals surface area contributed by atoms with Gasteiger partial charge in [-0.25, -0.2) is 4.98 Å². The lowest BCUT2D eigenvalue weighted by Gasteiger charge is -2.19. The van der Waals surface area contributed by atoms with Crippen LogP contribution in [0.1, 0.15) is 5.56 Å². The predicted octanol–water partition coefficient (Wildman–Crippen LogP) is 1.67. The second-order valence-corrected chi connectivity index (χ2v) is 4.83. The molecule has 0 unspecified atom stereocenters. The summed E-state index contributed by atoms with van der Waals surface area (Å²) in [6.07, 6.45) is 0.850. The summed E-state index contributed by atoms with van der Waals surface area (Å²) in [4.78, 5) is 4.17. The lowest BCUT2D eigenvalue weighted by Crippen LogP contribution is -2.15. The number of nitrogens with one attached hydrogen (secondary N) is 1. The molecule has 3 rings (SSSR count). The van der Waals surface area contributed by atoms with Gasteiger partial charge in [-0.05, 0) is 36.2 Å². The van der Waals surface area contributed by atoms with Crippen LogP contribution in [0.4, 0.5) is 17.3 Å². The van der Waals surface area contributed by atoms with Crippen molar-refractivity contribution >= 4 is 17.3 Å². The molecule has 0 bridgehead atoms. The number of ether oxygens (including phenoxy) is 2. The number of nitrogens with zero attached hydrogens (tertiary/aromatic N) is 1. The summed E-state index contributed by atoms with van der Waals surface area (Å²) in [6.45, 7) is 1.96. The molecule has 1 aromatic carbocycles. The summed E-state index contributed by atoms with van der Waals surface area (Å²) < 4.78 is 11.1. The molecule has 1 aromatic heterocycles. The lowest BCUT2D eigenvalue weighted by molar-refractivity contribution is 0.171. The molecule has 0 saturated heterocycles. The molecule has 0 amide bonds. The Bertz CT molecular complexity index is 646. The standard InChI is InChI=1S/C15H18N4O2/c16-11-2-4-14(19-15(11)17)18-6-5-10-1-3-12-13(9-10)21-8-7-20-12/h1-4,9H,5-8,16H2,(H3,17,18,19). The number of rotatable bonds is 4. The normalized spacial score (nSPS) is 13.0. The van der Waals surface area contributed by atoms with Crippen molar-refractivity contribution in [2.75, 3.05) is 36.5 Å². The molecule has 5 N–H and O–H groups in total. The Morgan fingerprint density at radius 2 is 1.86 bits per heavy atom. The summed E-state index contributed by atoms with van der Waals surface area (Å²) in [6, 6.07) is 9.56. The van der Waals surface area contributed by atoms with Crippen molar-refractivity contribution in [2.45, 2.75) is 6.42 Å². The van der Waals surface area contributed by atoms with Gasteiger partial charge in [0.25, 0.3) is 0 Å². The van der Waals surface area contributed by atoms with E-state index in [0.717, 1.165) is 30.3 Å². The van der Waals surface area contributed by atoms with Crippen LogP contribution in [0.25, 0.3) is 0 Å². The van der Waals surface area contributed by atoms with Gasteiger partial charge in [-0.1, -0.05) is 6.07 Å². The average Bonchev–Trinajstić information content (AvgIpc) is 2.51. The number of nitrogen functional groups attached to an aromatic ring is 2. The van der Waals surface area contributed by atoms with Crippen molar-refractivity contribution in [1.29, 1.82) is 0 Å². The van der Waals surface area contributed by atoms with Crippen LogP contribution in [0.15, 0.2) is 30.3 Å². The zero-order valence-corrected chi connectivity index (χ0v) is 11.6. The highest BCUT2D eigenvalue weighted by molar-refractivity contribution is 5.61. The minimum Gasteiger partial charge on any atom is -0.486 e. The van der Waals surface area contributed by atoms with Gasteiger partial charge in [0.15, 0.2) is 11.5 Å². The summed E-state index contributed by atoms with van der Waals surface area (Å²) in [5.41, 5.74) is 13.0. The van der Waals surface area contributed by atoms with Crippen LogP contribution in [0.5, 0.6) is 11.5 Å². The van der Waals surface area contributed by atoms with Gasteiger partial charge in [0.2, 0.25) is 0 Å². The van der Waals surface area contributed by atoms with E-state index in [0.29, 0.717) is 24.7 Å². The zero-order valence-electron chi connectivity index (χ0n) is 11.6. The number of anilines is 3. The van der Waals surface area contributed by atoms with Crippen LogP contribution >= 0.6 is 0 Å². The van der Waals surface area contributed by atoms with Crippen LogP contribution in [0, 0.1) is 0 Å². The quantitative estimate of drug-likeness (QED) is 0.791. The van der Waals surface area contributed by atoms with Gasteiger partial charge in [0.1, 0.15) is 24.8 Å². The van der Waals surface area contributed by atoms with Crippen LogP contribution in [0.3, 0.4) is 0 Å². The topological polar surface area (TPSA) is 95.4 Å². The minimum atomic E-state index is 0.347. The van der Waals surface area contributed by atoms with E-state index in [1.165, 1.54) is 5.56 Å². The highest BCUT2D eigenvalue weighted by atomic mass is 16.6. The van der Waals surface area contributed by atoms with Crippen molar-refractivity contribution in [1.82, 2.24) is 4.98 Å². The van der Waals surface area contributed by atoms with Gasteiger partial charge >= 0.3 is 0 Å². The number of hydrogen-bond donors (Lipinski definition) is 3. The molecule has 6 heteroatoms. The third kappa shape index (κ3) is 3.10. The van der Waals surface area contributed by atoms with Gasteiger partial charge in [0, 0.05) is 6.54 Å². The number of aromatic nitrogens is 1. The molecule has 6 nitrogen and oxygen atoms in total. The van der Waals surface area contributed by atoms with E-state index in [2.05, 4.69) is 10.3 Å². The molecule has 21 heavy (non-hydrogen) atoms. The van der Waals surface area contributed by atoms with E-state index in [9.17, 15) is 0 Å². The molecule has 0 atom stereocenters. The third-order valence-corrected chi connectivity index (χ3v) is 3.28. The Hall–Kier alpha value is -2.63. The Balaban J connectivity index is 1.58. The van der Waals surface area contributed by atoms with Crippen molar-refractivity contribution in [3.05, 3.63) is 35.9 Å². The van der Waals surface area contributed by atoms with Gasteiger partial charge in [-0.15, -0.1) is 0 Å². The van der Waals surface area contributed by atoms with Gasteiger partial charge in [-0.2, -0.15) is 0 Å². The average molecular weight is 286 g/mol. The Morgan fingerprint density at radius 1 is 1.05 bits per heavy atom. The molecule has 110 valence electrons. The van der Waals surface area contributed by atoms with Gasteiger partial charge in [0.05, 0.1) is 5.69 Å². The monoisotopic (exact) mass is 286 g/mol. The molecule has 0 saturated carbocycles. The number of pyridine rings is 1. The van der Waals surface area contributed by atoms with E-state index < -0.39 is 0 Å². The smallest absolute Gasteiger partial charge is 0.161 e. The fourth-order valence-corrected chi connectivity index (χ4v) is 2.16. The fraction of sp³-hybridized carbons (Fsp3) is 0.267. The number of hydrogen-bond acceptors (Lipinski definition) is 6. The zero-order chi connectivity index (χ0) is 14.7. The maximum Gasteiger partial charge on any atom is 0.161 e. The second kappa shape index (κ2) is 5.78. The molecule has 1 aliphatic heterocycles. The van der Waals surface area contributed by atoms with Gasteiger partial charge in [-0.3, -0.25) is 0 Å². The highest BCUT2D eigenvalue weighted by Crippen LogP contribution is 2.30. The predicted molar refractivity (Wildman–Crippen MR) is 82.7 cm³/mol. The Kier molecular flexibility index (Phi) is 3.68. The summed E-state index contributed by atoms with van der Waals surface area (Å²) in [5.74, 6) is 2.69. The highest BCUT2D eigenvalue weighted by Gasteiger charge is 2.11. The summed E-state index contributed by atoms with van der Waals surface area (Å²) in [7, 11) is 0. The largest absolute Gasteiger partial charge is 0.486 e. The molecule has 0 spiro atoms. The molecule has 2 aromatic rings. The SMILES string of the molecule is Nc1ccc(NCCc2ccc3c(c2)OCCO3)nc1N. The Morgan fingerprint density at radius 3 is 2.67 bits per heavy atom. The van der Waals surface area contributed by atoms with Crippen molar-refractivity contribution in [3.63, 3.8) is 0 Å². The van der Waals surface area contributed by atoms with E-state index >= 15 is 0 Å². The summed E-state index contributed by atoms with van der Waals surface area (Å²) in [5, 5.41) is 3.22. The first-order valence-electron chi connectivity index (χ1n) is 6.87. The number of benzene rings is 1. The van der Waals surface area contributed by atoms with Gasteiger partial charge < -0.3 is 26.3 Å². The van der Waals surface area contributed by atoms with E-state index in [1.54, 1.807) is 6.07 Å². The van der Waals surface area contributed by atoms with Crippen LogP contribution in [-0.4, -0.2) is 24.7 Å².